The Kier molecular flexibility index (Phi) is 6.78. The minimum atomic E-state index is 0.000513. The van der Waals surface area contributed by atoms with Crippen molar-refractivity contribution in [1.82, 2.24) is 10.6 Å². The van der Waals surface area contributed by atoms with Gasteiger partial charge in [-0.25, -0.2) is 4.99 Å². The molecule has 2 rings (SSSR count). The van der Waals surface area contributed by atoms with Crippen LogP contribution in [0.15, 0.2) is 41.4 Å². The maximum atomic E-state index is 5.88. The van der Waals surface area contributed by atoms with Crippen molar-refractivity contribution in [3.63, 3.8) is 0 Å². The molecule has 1 aromatic carbocycles. The molecular formula is C18H27N3O2. The molecule has 0 bridgehead atoms. The lowest BCUT2D eigenvalue weighted by atomic mass is 10.2. The fourth-order valence-electron chi connectivity index (χ4n) is 2.39. The predicted octanol–water partition coefficient (Wildman–Crippen LogP) is 2.74. The summed E-state index contributed by atoms with van der Waals surface area (Å²) in [7, 11) is 1.66. The van der Waals surface area contributed by atoms with Crippen molar-refractivity contribution in [3.05, 3.63) is 36.4 Å². The minimum Gasteiger partial charge on any atom is -0.497 e. The number of nitrogens with zero attached hydrogens (tertiary/aromatic N) is 1. The van der Waals surface area contributed by atoms with Gasteiger partial charge in [-0.05, 0) is 51.0 Å². The first kappa shape index (κ1) is 17.2. The van der Waals surface area contributed by atoms with Crippen molar-refractivity contribution in [2.75, 3.05) is 20.2 Å². The molecule has 1 aliphatic rings. The van der Waals surface area contributed by atoms with Crippen LogP contribution < -0.4 is 20.1 Å². The van der Waals surface area contributed by atoms with Gasteiger partial charge in [0.25, 0.3) is 0 Å². The molecule has 0 amide bonds. The third-order valence-corrected chi connectivity index (χ3v) is 3.60. The standard InChI is InChI=1S/C18H27N3O2/c1-4-19-18(21-15-7-5-6-8-15)20-13-14(2)23-17-11-9-16(22-3)10-12-17/h5-6,9-12,14-15H,4,7-8,13H2,1-3H3,(H2,19,20,21). The second-order valence-electron chi connectivity index (χ2n) is 5.61. The van der Waals surface area contributed by atoms with E-state index in [-0.39, 0.29) is 6.10 Å². The van der Waals surface area contributed by atoms with E-state index in [1.165, 1.54) is 0 Å². The summed E-state index contributed by atoms with van der Waals surface area (Å²) in [6, 6.07) is 8.05. The van der Waals surface area contributed by atoms with E-state index in [0.29, 0.717) is 12.6 Å². The molecule has 5 nitrogen and oxygen atoms in total. The zero-order valence-corrected chi connectivity index (χ0v) is 14.2. The summed E-state index contributed by atoms with van der Waals surface area (Å²) in [5.74, 6) is 2.50. The number of aliphatic imine (C=N–C) groups is 1. The fraction of sp³-hybridized carbons (Fsp3) is 0.500. The van der Waals surface area contributed by atoms with Crippen LogP contribution in [0, 0.1) is 0 Å². The Bertz CT molecular complexity index is 518. The number of ether oxygens (including phenoxy) is 2. The number of methoxy groups -OCH3 is 1. The maximum absolute atomic E-state index is 5.88. The molecular weight excluding hydrogens is 290 g/mol. The Labute approximate surface area is 138 Å². The Morgan fingerprint density at radius 3 is 2.48 bits per heavy atom. The van der Waals surface area contributed by atoms with E-state index in [9.17, 15) is 0 Å². The summed E-state index contributed by atoms with van der Waals surface area (Å²) in [5, 5.41) is 6.74. The van der Waals surface area contributed by atoms with Crippen LogP contribution in [0.4, 0.5) is 0 Å². The minimum absolute atomic E-state index is 0.000513. The number of benzene rings is 1. The van der Waals surface area contributed by atoms with Crippen LogP contribution in [0.3, 0.4) is 0 Å². The normalized spacial score (nSPS) is 16.2. The number of rotatable bonds is 7. The van der Waals surface area contributed by atoms with Crippen molar-refractivity contribution in [2.24, 2.45) is 4.99 Å². The highest BCUT2D eigenvalue weighted by molar-refractivity contribution is 5.80. The SMILES string of the molecule is CCNC(=NCC(C)Oc1ccc(OC)cc1)NC1CC=CC1. The van der Waals surface area contributed by atoms with Gasteiger partial charge < -0.3 is 20.1 Å². The summed E-state index contributed by atoms with van der Waals surface area (Å²) in [6.07, 6.45) is 6.53. The van der Waals surface area contributed by atoms with Crippen LogP contribution in [-0.4, -0.2) is 38.3 Å². The number of nitrogens with one attached hydrogen (secondary N) is 2. The molecule has 1 aliphatic carbocycles. The van der Waals surface area contributed by atoms with Crippen LogP contribution in [0.5, 0.6) is 11.5 Å². The molecule has 5 heteroatoms. The summed E-state index contributed by atoms with van der Waals surface area (Å²) < 4.78 is 11.0. The molecule has 0 aromatic heterocycles. The third kappa shape index (κ3) is 5.85. The Morgan fingerprint density at radius 2 is 1.87 bits per heavy atom. The lowest BCUT2D eigenvalue weighted by Crippen LogP contribution is -2.43. The molecule has 0 aliphatic heterocycles. The third-order valence-electron chi connectivity index (χ3n) is 3.60. The van der Waals surface area contributed by atoms with E-state index in [4.69, 9.17) is 9.47 Å². The first-order valence-corrected chi connectivity index (χ1v) is 8.21. The summed E-state index contributed by atoms with van der Waals surface area (Å²) >= 11 is 0. The molecule has 2 N–H and O–H groups in total. The second-order valence-corrected chi connectivity index (χ2v) is 5.61. The molecule has 0 spiro atoms. The van der Waals surface area contributed by atoms with Gasteiger partial charge in [-0.1, -0.05) is 12.2 Å². The fourth-order valence-corrected chi connectivity index (χ4v) is 2.39. The van der Waals surface area contributed by atoms with E-state index in [0.717, 1.165) is 36.8 Å². The zero-order chi connectivity index (χ0) is 16.5. The van der Waals surface area contributed by atoms with Crippen LogP contribution >= 0.6 is 0 Å². The molecule has 1 atom stereocenters. The largest absolute Gasteiger partial charge is 0.497 e. The smallest absolute Gasteiger partial charge is 0.191 e. The van der Waals surface area contributed by atoms with E-state index in [1.807, 2.05) is 31.2 Å². The molecule has 0 radical (unpaired) electrons. The van der Waals surface area contributed by atoms with Gasteiger partial charge in [-0.2, -0.15) is 0 Å². The van der Waals surface area contributed by atoms with Gasteiger partial charge >= 0.3 is 0 Å². The average Bonchev–Trinajstić information content (AvgIpc) is 3.06. The first-order chi connectivity index (χ1) is 11.2. The van der Waals surface area contributed by atoms with Crippen LogP contribution in [0.25, 0.3) is 0 Å². The Hall–Kier alpha value is -2.17. The summed E-state index contributed by atoms with van der Waals surface area (Å²) in [5.41, 5.74) is 0. The van der Waals surface area contributed by atoms with Gasteiger partial charge in [0.15, 0.2) is 5.96 Å². The Morgan fingerprint density at radius 1 is 1.22 bits per heavy atom. The molecule has 1 aromatic rings. The van der Waals surface area contributed by atoms with Crippen molar-refractivity contribution in [1.29, 1.82) is 0 Å². The van der Waals surface area contributed by atoms with Gasteiger partial charge in [0.2, 0.25) is 0 Å². The number of hydrogen-bond donors (Lipinski definition) is 2. The number of guanidine groups is 1. The van der Waals surface area contributed by atoms with Gasteiger partial charge in [0, 0.05) is 12.6 Å². The second kappa shape index (κ2) is 9.08. The molecule has 126 valence electrons. The first-order valence-electron chi connectivity index (χ1n) is 8.21. The molecule has 0 heterocycles. The van der Waals surface area contributed by atoms with E-state index >= 15 is 0 Å². The highest BCUT2D eigenvalue weighted by Gasteiger charge is 2.12. The molecule has 1 unspecified atom stereocenters. The quantitative estimate of drug-likeness (QED) is 0.461. The van der Waals surface area contributed by atoms with Gasteiger partial charge in [0.05, 0.1) is 13.7 Å². The van der Waals surface area contributed by atoms with Crippen LogP contribution in [0.2, 0.25) is 0 Å². The summed E-state index contributed by atoms with van der Waals surface area (Å²) in [6.45, 7) is 5.54. The van der Waals surface area contributed by atoms with Gasteiger partial charge in [0.1, 0.15) is 17.6 Å². The van der Waals surface area contributed by atoms with E-state index in [2.05, 4.69) is 34.7 Å². The molecule has 0 saturated heterocycles. The van der Waals surface area contributed by atoms with Crippen molar-refractivity contribution in [3.8, 4) is 11.5 Å². The summed E-state index contributed by atoms with van der Waals surface area (Å²) in [4.78, 5) is 4.62. The predicted molar refractivity (Wildman–Crippen MR) is 94.4 cm³/mol. The lowest BCUT2D eigenvalue weighted by molar-refractivity contribution is 0.230. The topological polar surface area (TPSA) is 54.9 Å². The zero-order valence-electron chi connectivity index (χ0n) is 14.2. The monoisotopic (exact) mass is 317 g/mol. The highest BCUT2D eigenvalue weighted by Crippen LogP contribution is 2.18. The van der Waals surface area contributed by atoms with Crippen LogP contribution in [0.1, 0.15) is 26.7 Å². The molecule has 0 fully saturated rings. The van der Waals surface area contributed by atoms with Crippen molar-refractivity contribution < 1.29 is 9.47 Å². The van der Waals surface area contributed by atoms with Crippen LogP contribution in [-0.2, 0) is 0 Å². The average molecular weight is 317 g/mol. The molecule has 0 saturated carbocycles. The Balaban J connectivity index is 1.84. The van der Waals surface area contributed by atoms with Crippen molar-refractivity contribution in [2.45, 2.75) is 38.8 Å². The highest BCUT2D eigenvalue weighted by atomic mass is 16.5. The maximum Gasteiger partial charge on any atom is 0.191 e. The molecule has 23 heavy (non-hydrogen) atoms. The van der Waals surface area contributed by atoms with Gasteiger partial charge in [-0.3, -0.25) is 0 Å². The van der Waals surface area contributed by atoms with Crippen molar-refractivity contribution >= 4 is 5.96 Å². The van der Waals surface area contributed by atoms with E-state index in [1.54, 1.807) is 7.11 Å². The lowest BCUT2D eigenvalue weighted by Gasteiger charge is -2.18. The van der Waals surface area contributed by atoms with Gasteiger partial charge in [-0.15, -0.1) is 0 Å². The number of hydrogen-bond acceptors (Lipinski definition) is 3. The van der Waals surface area contributed by atoms with E-state index < -0.39 is 0 Å².